The Bertz CT molecular complexity index is 445. The second-order valence-corrected chi connectivity index (χ2v) is 5.76. The van der Waals surface area contributed by atoms with Crippen molar-refractivity contribution in [2.75, 3.05) is 24.7 Å². The summed E-state index contributed by atoms with van der Waals surface area (Å²) in [6, 6.07) is 3.43. The van der Waals surface area contributed by atoms with Crippen molar-refractivity contribution < 1.29 is 4.74 Å². The summed E-state index contributed by atoms with van der Waals surface area (Å²) in [7, 11) is 0. The Morgan fingerprint density at radius 3 is 3.00 bits per heavy atom. The number of morpholine rings is 1. The van der Waals surface area contributed by atoms with Crippen molar-refractivity contribution in [2.45, 2.75) is 45.3 Å². The molecule has 1 aliphatic heterocycles. The minimum atomic E-state index is 0.412. The van der Waals surface area contributed by atoms with Crippen LogP contribution in [0, 0.1) is 6.92 Å². The van der Waals surface area contributed by atoms with Crippen LogP contribution < -0.4 is 10.2 Å². The molecule has 1 aromatic heterocycles. The van der Waals surface area contributed by atoms with Gasteiger partial charge in [0.15, 0.2) is 0 Å². The first kappa shape index (κ1) is 12.9. The number of nitrogens with one attached hydrogen (secondary N) is 1. The number of nitrogens with zero attached hydrogens (tertiary/aromatic N) is 2. The summed E-state index contributed by atoms with van der Waals surface area (Å²) in [5, 5.41) is 3.53. The fourth-order valence-electron chi connectivity index (χ4n) is 2.61. The zero-order valence-electron chi connectivity index (χ0n) is 11.9. The molecule has 2 heterocycles. The molecule has 0 spiro atoms. The highest BCUT2D eigenvalue weighted by molar-refractivity contribution is 5.48. The number of ether oxygens (including phenoxy) is 1. The van der Waals surface area contributed by atoms with E-state index in [2.05, 4.69) is 35.1 Å². The lowest BCUT2D eigenvalue weighted by Crippen LogP contribution is -2.44. The van der Waals surface area contributed by atoms with Crippen molar-refractivity contribution in [1.82, 2.24) is 10.3 Å². The van der Waals surface area contributed by atoms with Gasteiger partial charge in [-0.25, -0.2) is 4.98 Å². The summed E-state index contributed by atoms with van der Waals surface area (Å²) in [6.07, 6.45) is 4.67. The normalized spacial score (nSPS) is 23.7. The lowest BCUT2D eigenvalue weighted by Gasteiger charge is -2.35. The molecular formula is C15H23N3O. The maximum atomic E-state index is 5.49. The summed E-state index contributed by atoms with van der Waals surface area (Å²) in [5.74, 6) is 1.12. The number of hydrogen-bond acceptors (Lipinski definition) is 4. The van der Waals surface area contributed by atoms with Crippen LogP contribution in [0.15, 0.2) is 12.3 Å². The summed E-state index contributed by atoms with van der Waals surface area (Å²) < 4.78 is 5.49. The third-order valence-corrected chi connectivity index (χ3v) is 3.92. The Kier molecular flexibility index (Phi) is 3.71. The van der Waals surface area contributed by atoms with Gasteiger partial charge in [-0.2, -0.15) is 0 Å². The molecule has 1 atom stereocenters. The molecule has 1 saturated heterocycles. The van der Waals surface area contributed by atoms with Crippen LogP contribution in [-0.4, -0.2) is 36.8 Å². The van der Waals surface area contributed by atoms with Gasteiger partial charge in [0.25, 0.3) is 0 Å². The van der Waals surface area contributed by atoms with Crippen LogP contribution >= 0.6 is 0 Å². The first-order valence-electron chi connectivity index (χ1n) is 7.27. The molecule has 0 aromatic carbocycles. The van der Waals surface area contributed by atoms with Crippen LogP contribution in [0.25, 0.3) is 0 Å². The lowest BCUT2D eigenvalue weighted by atomic mass is 10.1. The van der Waals surface area contributed by atoms with E-state index in [0.717, 1.165) is 38.2 Å². The molecule has 1 unspecified atom stereocenters. The average molecular weight is 261 g/mol. The molecule has 1 aliphatic carbocycles. The van der Waals surface area contributed by atoms with Crippen LogP contribution in [0.2, 0.25) is 0 Å². The molecule has 3 rings (SSSR count). The number of aryl methyl sites for hydroxylation is 1. The number of pyridine rings is 1. The molecule has 0 amide bonds. The second kappa shape index (κ2) is 5.47. The average Bonchev–Trinajstić information content (AvgIpc) is 3.22. The van der Waals surface area contributed by atoms with E-state index in [0.29, 0.717) is 6.04 Å². The smallest absolute Gasteiger partial charge is 0.131 e. The Morgan fingerprint density at radius 1 is 1.47 bits per heavy atom. The Morgan fingerprint density at radius 2 is 2.32 bits per heavy atom. The first-order valence-corrected chi connectivity index (χ1v) is 7.27. The molecule has 4 heteroatoms. The zero-order valence-corrected chi connectivity index (χ0v) is 11.9. The predicted octanol–water partition coefficient (Wildman–Crippen LogP) is 1.87. The number of aromatic nitrogens is 1. The number of anilines is 1. The third-order valence-electron chi connectivity index (χ3n) is 3.92. The highest BCUT2D eigenvalue weighted by Gasteiger charge is 2.22. The summed E-state index contributed by atoms with van der Waals surface area (Å²) in [6.45, 7) is 7.84. The Hall–Kier alpha value is -1.13. The zero-order chi connectivity index (χ0) is 13.2. The molecule has 2 fully saturated rings. The van der Waals surface area contributed by atoms with Gasteiger partial charge in [-0.05, 0) is 43.9 Å². The molecule has 104 valence electrons. The highest BCUT2D eigenvalue weighted by Crippen LogP contribution is 2.23. The van der Waals surface area contributed by atoms with Crippen LogP contribution in [0.5, 0.6) is 0 Å². The highest BCUT2D eigenvalue weighted by atomic mass is 16.5. The van der Waals surface area contributed by atoms with E-state index >= 15 is 0 Å². The van der Waals surface area contributed by atoms with Crippen molar-refractivity contribution in [1.29, 1.82) is 0 Å². The van der Waals surface area contributed by atoms with Crippen LogP contribution in [0.4, 0.5) is 5.82 Å². The number of rotatable bonds is 4. The van der Waals surface area contributed by atoms with Crippen molar-refractivity contribution in [3.63, 3.8) is 0 Å². The molecule has 4 nitrogen and oxygen atoms in total. The minimum absolute atomic E-state index is 0.412. The maximum Gasteiger partial charge on any atom is 0.131 e. The maximum absolute atomic E-state index is 5.49. The molecule has 0 bridgehead atoms. The quantitative estimate of drug-likeness (QED) is 0.898. The van der Waals surface area contributed by atoms with Gasteiger partial charge >= 0.3 is 0 Å². The van der Waals surface area contributed by atoms with E-state index in [9.17, 15) is 0 Å². The molecule has 2 aliphatic rings. The van der Waals surface area contributed by atoms with Gasteiger partial charge in [-0.3, -0.25) is 0 Å². The van der Waals surface area contributed by atoms with Gasteiger partial charge in [-0.15, -0.1) is 0 Å². The van der Waals surface area contributed by atoms with Crippen molar-refractivity contribution in [2.24, 2.45) is 0 Å². The fourth-order valence-corrected chi connectivity index (χ4v) is 2.61. The fraction of sp³-hybridized carbons (Fsp3) is 0.667. The number of hydrogen-bond donors (Lipinski definition) is 1. The summed E-state index contributed by atoms with van der Waals surface area (Å²) >= 11 is 0. The predicted molar refractivity (Wildman–Crippen MR) is 76.5 cm³/mol. The van der Waals surface area contributed by atoms with Crippen molar-refractivity contribution >= 4 is 5.82 Å². The third kappa shape index (κ3) is 3.07. The SMILES string of the molecule is Cc1cc(CNC2CC2)cnc1N1CCOCC1C. The van der Waals surface area contributed by atoms with Crippen LogP contribution in [0.1, 0.15) is 30.9 Å². The molecule has 0 radical (unpaired) electrons. The van der Waals surface area contributed by atoms with E-state index < -0.39 is 0 Å². The van der Waals surface area contributed by atoms with Gasteiger partial charge in [0, 0.05) is 25.3 Å². The Labute approximate surface area is 115 Å². The topological polar surface area (TPSA) is 37.4 Å². The van der Waals surface area contributed by atoms with Crippen molar-refractivity contribution in [3.8, 4) is 0 Å². The van der Waals surface area contributed by atoms with Gasteiger partial charge < -0.3 is 15.0 Å². The van der Waals surface area contributed by atoms with E-state index in [1.54, 1.807) is 0 Å². The van der Waals surface area contributed by atoms with Crippen molar-refractivity contribution in [3.05, 3.63) is 23.4 Å². The van der Waals surface area contributed by atoms with Crippen LogP contribution in [-0.2, 0) is 11.3 Å². The van der Waals surface area contributed by atoms with E-state index in [1.807, 2.05) is 6.20 Å². The minimum Gasteiger partial charge on any atom is -0.377 e. The monoisotopic (exact) mass is 261 g/mol. The lowest BCUT2D eigenvalue weighted by molar-refractivity contribution is 0.0985. The standard InChI is InChI=1S/C15H23N3O/c1-11-7-13(8-16-14-3-4-14)9-17-15(11)18-5-6-19-10-12(18)2/h7,9,12,14,16H,3-6,8,10H2,1-2H3. The van der Waals surface area contributed by atoms with Gasteiger partial charge in [0.2, 0.25) is 0 Å². The second-order valence-electron chi connectivity index (χ2n) is 5.76. The van der Waals surface area contributed by atoms with Gasteiger partial charge in [-0.1, -0.05) is 0 Å². The van der Waals surface area contributed by atoms with Crippen LogP contribution in [0.3, 0.4) is 0 Å². The molecule has 19 heavy (non-hydrogen) atoms. The van der Waals surface area contributed by atoms with E-state index in [1.165, 1.54) is 24.0 Å². The molecule has 1 N–H and O–H groups in total. The first-order chi connectivity index (χ1) is 9.24. The largest absolute Gasteiger partial charge is 0.377 e. The summed E-state index contributed by atoms with van der Waals surface area (Å²) in [5.41, 5.74) is 2.55. The van der Waals surface area contributed by atoms with E-state index in [-0.39, 0.29) is 0 Å². The molecular weight excluding hydrogens is 238 g/mol. The van der Waals surface area contributed by atoms with E-state index in [4.69, 9.17) is 4.74 Å². The summed E-state index contributed by atoms with van der Waals surface area (Å²) in [4.78, 5) is 7.04. The Balaban J connectivity index is 1.70. The molecule has 1 saturated carbocycles. The van der Waals surface area contributed by atoms with Gasteiger partial charge in [0.1, 0.15) is 5.82 Å². The van der Waals surface area contributed by atoms with Gasteiger partial charge in [0.05, 0.1) is 19.3 Å². The molecule has 1 aromatic rings.